The summed E-state index contributed by atoms with van der Waals surface area (Å²) in [7, 11) is 4.69. The molecule has 0 saturated heterocycles. The lowest BCUT2D eigenvalue weighted by atomic mass is 10.1. The summed E-state index contributed by atoms with van der Waals surface area (Å²) < 4.78 is 15.7. The summed E-state index contributed by atoms with van der Waals surface area (Å²) in [5, 5.41) is 0.519. The highest BCUT2D eigenvalue weighted by Crippen LogP contribution is 2.42. The quantitative estimate of drug-likeness (QED) is 0.861. The molecule has 0 radical (unpaired) electrons. The van der Waals surface area contributed by atoms with E-state index in [9.17, 15) is 0 Å². The van der Waals surface area contributed by atoms with Gasteiger partial charge in [-0.15, -0.1) is 0 Å². The molecule has 0 amide bonds. The predicted octanol–water partition coefficient (Wildman–Crippen LogP) is 1.87. The maximum atomic E-state index is 6.18. The third-order valence-electron chi connectivity index (χ3n) is 2.28. The number of nitrogens with two attached hydrogens (primary N) is 1. The molecular weight excluding hydrogens is 230 g/mol. The lowest BCUT2D eigenvalue weighted by Gasteiger charge is -2.16. The largest absolute Gasteiger partial charge is 0.495 e. The SMILES string of the molecule is COc1cc(OC)c(OC)c(CCN)c1Cl. The highest BCUT2D eigenvalue weighted by molar-refractivity contribution is 6.33. The van der Waals surface area contributed by atoms with Crippen LogP contribution in [0.1, 0.15) is 5.56 Å². The molecule has 0 aromatic heterocycles. The molecule has 0 aliphatic heterocycles. The molecule has 0 fully saturated rings. The zero-order valence-electron chi connectivity index (χ0n) is 9.67. The maximum absolute atomic E-state index is 6.18. The Hall–Kier alpha value is -1.13. The summed E-state index contributed by atoms with van der Waals surface area (Å²) in [6.07, 6.45) is 0.607. The minimum Gasteiger partial charge on any atom is -0.495 e. The average molecular weight is 246 g/mol. The van der Waals surface area contributed by atoms with Gasteiger partial charge >= 0.3 is 0 Å². The molecule has 0 aliphatic carbocycles. The molecule has 5 heteroatoms. The lowest BCUT2D eigenvalue weighted by Crippen LogP contribution is -2.06. The van der Waals surface area contributed by atoms with Gasteiger partial charge in [-0.3, -0.25) is 0 Å². The number of methoxy groups -OCH3 is 3. The van der Waals surface area contributed by atoms with Crippen LogP contribution in [0, 0.1) is 0 Å². The predicted molar refractivity (Wildman–Crippen MR) is 63.9 cm³/mol. The van der Waals surface area contributed by atoms with Gasteiger partial charge in [0, 0.05) is 11.6 Å². The molecule has 1 aromatic rings. The van der Waals surface area contributed by atoms with Crippen LogP contribution in [0.4, 0.5) is 0 Å². The van der Waals surface area contributed by atoms with E-state index >= 15 is 0 Å². The van der Waals surface area contributed by atoms with E-state index in [-0.39, 0.29) is 0 Å². The minimum atomic E-state index is 0.479. The van der Waals surface area contributed by atoms with Gasteiger partial charge in [0.1, 0.15) is 5.75 Å². The second-order valence-corrected chi connectivity index (χ2v) is 3.52. The van der Waals surface area contributed by atoms with Crippen molar-refractivity contribution in [2.75, 3.05) is 27.9 Å². The van der Waals surface area contributed by atoms with E-state index < -0.39 is 0 Å². The molecule has 0 bridgehead atoms. The van der Waals surface area contributed by atoms with Crippen LogP contribution in [-0.4, -0.2) is 27.9 Å². The summed E-state index contributed by atoms with van der Waals surface area (Å²) in [6, 6.07) is 1.70. The zero-order valence-corrected chi connectivity index (χ0v) is 10.4. The highest BCUT2D eigenvalue weighted by Gasteiger charge is 2.18. The van der Waals surface area contributed by atoms with E-state index in [1.165, 1.54) is 0 Å². The van der Waals surface area contributed by atoms with Gasteiger partial charge in [0.25, 0.3) is 0 Å². The Bertz CT molecular complexity index is 369. The van der Waals surface area contributed by atoms with E-state index in [4.69, 9.17) is 31.5 Å². The molecule has 0 unspecified atom stereocenters. The number of ether oxygens (including phenoxy) is 3. The van der Waals surface area contributed by atoms with Crippen molar-refractivity contribution in [3.05, 3.63) is 16.7 Å². The third-order valence-corrected chi connectivity index (χ3v) is 2.69. The Morgan fingerprint density at radius 2 is 1.75 bits per heavy atom. The fourth-order valence-corrected chi connectivity index (χ4v) is 1.85. The molecule has 90 valence electrons. The molecule has 1 rings (SSSR count). The fourth-order valence-electron chi connectivity index (χ4n) is 1.54. The highest BCUT2D eigenvalue weighted by atomic mass is 35.5. The molecule has 1 aromatic carbocycles. The maximum Gasteiger partial charge on any atom is 0.165 e. The molecule has 0 aliphatic rings. The summed E-state index contributed by atoms with van der Waals surface area (Å²) in [5.74, 6) is 1.76. The smallest absolute Gasteiger partial charge is 0.165 e. The first-order chi connectivity index (χ1) is 7.69. The molecular formula is C11H16ClNO3. The Kier molecular flexibility index (Phi) is 4.71. The number of hydrogen-bond acceptors (Lipinski definition) is 4. The Morgan fingerprint density at radius 1 is 1.12 bits per heavy atom. The first kappa shape index (κ1) is 12.9. The number of halogens is 1. The normalized spacial score (nSPS) is 10.1. The van der Waals surface area contributed by atoms with E-state index in [2.05, 4.69) is 0 Å². The second-order valence-electron chi connectivity index (χ2n) is 3.15. The average Bonchev–Trinajstić information content (AvgIpc) is 2.31. The van der Waals surface area contributed by atoms with Gasteiger partial charge in [-0.1, -0.05) is 11.6 Å². The van der Waals surface area contributed by atoms with Crippen LogP contribution >= 0.6 is 11.6 Å². The minimum absolute atomic E-state index is 0.479. The van der Waals surface area contributed by atoms with Crippen LogP contribution in [0.25, 0.3) is 0 Å². The summed E-state index contributed by atoms with van der Waals surface area (Å²) in [6.45, 7) is 0.479. The van der Waals surface area contributed by atoms with Crippen molar-refractivity contribution in [2.24, 2.45) is 5.73 Å². The van der Waals surface area contributed by atoms with Crippen molar-refractivity contribution in [1.82, 2.24) is 0 Å². The number of rotatable bonds is 5. The van der Waals surface area contributed by atoms with Gasteiger partial charge in [0.05, 0.1) is 26.4 Å². The summed E-state index contributed by atoms with van der Waals surface area (Å²) in [4.78, 5) is 0. The molecule has 16 heavy (non-hydrogen) atoms. The van der Waals surface area contributed by atoms with E-state index in [1.807, 2.05) is 0 Å². The first-order valence-electron chi connectivity index (χ1n) is 4.87. The lowest BCUT2D eigenvalue weighted by molar-refractivity contribution is 0.345. The van der Waals surface area contributed by atoms with Crippen LogP contribution in [0.3, 0.4) is 0 Å². The van der Waals surface area contributed by atoms with E-state index in [0.29, 0.717) is 35.2 Å². The zero-order chi connectivity index (χ0) is 12.1. The summed E-state index contributed by atoms with van der Waals surface area (Å²) >= 11 is 6.18. The van der Waals surface area contributed by atoms with Gasteiger partial charge in [0.15, 0.2) is 11.5 Å². The number of benzene rings is 1. The third kappa shape index (κ3) is 2.33. The monoisotopic (exact) mass is 245 g/mol. The van der Waals surface area contributed by atoms with Gasteiger partial charge in [0.2, 0.25) is 0 Å². The fraction of sp³-hybridized carbons (Fsp3) is 0.455. The standard InChI is InChI=1S/C11H16ClNO3/c1-14-8-6-9(15-2)11(16-3)7(4-5-13)10(8)12/h6H,4-5,13H2,1-3H3. The number of hydrogen-bond donors (Lipinski definition) is 1. The molecule has 0 atom stereocenters. The molecule has 0 heterocycles. The van der Waals surface area contributed by atoms with Gasteiger partial charge in [-0.25, -0.2) is 0 Å². The molecule has 2 N–H and O–H groups in total. The van der Waals surface area contributed by atoms with E-state index in [0.717, 1.165) is 5.56 Å². The Labute approximate surface area is 100 Å². The molecule has 0 spiro atoms. The molecule has 0 saturated carbocycles. The van der Waals surface area contributed by atoms with Crippen molar-refractivity contribution < 1.29 is 14.2 Å². The van der Waals surface area contributed by atoms with Crippen LogP contribution in [0.2, 0.25) is 5.02 Å². The van der Waals surface area contributed by atoms with Crippen molar-refractivity contribution in [1.29, 1.82) is 0 Å². The van der Waals surface area contributed by atoms with Crippen LogP contribution in [-0.2, 0) is 6.42 Å². The van der Waals surface area contributed by atoms with Gasteiger partial charge < -0.3 is 19.9 Å². The van der Waals surface area contributed by atoms with Crippen LogP contribution in [0.5, 0.6) is 17.2 Å². The van der Waals surface area contributed by atoms with Gasteiger partial charge in [-0.05, 0) is 13.0 Å². The van der Waals surface area contributed by atoms with Gasteiger partial charge in [-0.2, -0.15) is 0 Å². The van der Waals surface area contributed by atoms with Crippen molar-refractivity contribution >= 4 is 11.6 Å². The van der Waals surface area contributed by atoms with Crippen molar-refractivity contribution in [2.45, 2.75) is 6.42 Å². The van der Waals surface area contributed by atoms with Crippen molar-refractivity contribution in [3.8, 4) is 17.2 Å². The van der Waals surface area contributed by atoms with E-state index in [1.54, 1.807) is 27.4 Å². The topological polar surface area (TPSA) is 53.7 Å². The first-order valence-corrected chi connectivity index (χ1v) is 5.24. The van der Waals surface area contributed by atoms with Crippen molar-refractivity contribution in [3.63, 3.8) is 0 Å². The van der Waals surface area contributed by atoms with Crippen LogP contribution in [0.15, 0.2) is 6.07 Å². The Morgan fingerprint density at radius 3 is 2.19 bits per heavy atom. The second kappa shape index (κ2) is 5.82. The molecule has 4 nitrogen and oxygen atoms in total. The van der Waals surface area contributed by atoms with Crippen LogP contribution < -0.4 is 19.9 Å². The Balaban J connectivity index is 3.38. The summed E-state index contributed by atoms with van der Waals surface area (Å²) in [5.41, 5.74) is 6.35.